The fourth-order valence-electron chi connectivity index (χ4n) is 4.53. The van der Waals surface area contributed by atoms with E-state index in [1.165, 1.54) is 28.9 Å². The summed E-state index contributed by atoms with van der Waals surface area (Å²) in [5.74, 6) is -0.840. The Hall–Kier alpha value is -2.44. The van der Waals surface area contributed by atoms with E-state index in [-0.39, 0.29) is 17.5 Å². The molecule has 1 fully saturated rings. The van der Waals surface area contributed by atoms with Crippen molar-refractivity contribution in [1.82, 2.24) is 15.1 Å². The van der Waals surface area contributed by atoms with E-state index >= 15 is 0 Å². The summed E-state index contributed by atoms with van der Waals surface area (Å²) in [6, 6.07) is 12.9. The first-order valence-electron chi connectivity index (χ1n) is 10.8. The van der Waals surface area contributed by atoms with Crippen LogP contribution in [0, 0.1) is 5.82 Å². The van der Waals surface area contributed by atoms with Crippen molar-refractivity contribution in [3.63, 3.8) is 0 Å². The lowest BCUT2D eigenvalue weighted by atomic mass is 9.95. The van der Waals surface area contributed by atoms with Gasteiger partial charge in [0.2, 0.25) is 0 Å². The first-order chi connectivity index (χ1) is 14.5. The third-order valence-electron chi connectivity index (χ3n) is 6.39. The first kappa shape index (κ1) is 20.8. The van der Waals surface area contributed by atoms with Gasteiger partial charge in [-0.3, -0.25) is 9.69 Å². The molecule has 4 rings (SSSR count). The Morgan fingerprint density at radius 3 is 2.60 bits per heavy atom. The number of nitrogens with one attached hydrogen (secondary N) is 1. The lowest BCUT2D eigenvalue weighted by Gasteiger charge is -2.39. The standard InChI is InChI=1S/C24H31FN4O/c1-27-12-14-29(15-13-27)23(17-26-24(30)20-7-3-4-8-21(20)25)19-9-10-22-18(16-19)6-5-11-28(22)2/h3-4,7-10,16,23H,5-6,11-15,17H2,1-2H3,(H,26,30). The molecular formula is C24H31FN4O. The highest BCUT2D eigenvalue weighted by Gasteiger charge is 2.26. The zero-order valence-electron chi connectivity index (χ0n) is 17.9. The van der Waals surface area contributed by atoms with Gasteiger partial charge in [0.15, 0.2) is 0 Å². The lowest BCUT2D eigenvalue weighted by molar-refractivity contribution is 0.0883. The van der Waals surface area contributed by atoms with Crippen LogP contribution < -0.4 is 10.2 Å². The van der Waals surface area contributed by atoms with Crippen molar-refractivity contribution in [2.24, 2.45) is 0 Å². The van der Waals surface area contributed by atoms with Crippen molar-refractivity contribution in [2.45, 2.75) is 18.9 Å². The normalized spacial score (nSPS) is 18.7. The predicted molar refractivity (Wildman–Crippen MR) is 119 cm³/mol. The van der Waals surface area contributed by atoms with E-state index in [1.807, 2.05) is 0 Å². The average Bonchev–Trinajstić information content (AvgIpc) is 2.75. The Kier molecular flexibility index (Phi) is 6.35. The van der Waals surface area contributed by atoms with Gasteiger partial charge in [0.05, 0.1) is 11.6 Å². The van der Waals surface area contributed by atoms with Crippen LogP contribution in [0.1, 0.15) is 33.9 Å². The summed E-state index contributed by atoms with van der Waals surface area (Å²) < 4.78 is 14.0. The topological polar surface area (TPSA) is 38.8 Å². The second-order valence-electron chi connectivity index (χ2n) is 8.46. The molecule has 0 aromatic heterocycles. The molecule has 0 spiro atoms. The van der Waals surface area contributed by atoms with Crippen molar-refractivity contribution >= 4 is 11.6 Å². The van der Waals surface area contributed by atoms with Crippen LogP contribution in [0.3, 0.4) is 0 Å². The molecule has 2 aromatic carbocycles. The molecule has 1 unspecified atom stereocenters. The number of rotatable bonds is 5. The number of halogens is 1. The Labute approximate surface area is 178 Å². The van der Waals surface area contributed by atoms with Crippen LogP contribution in [0.25, 0.3) is 0 Å². The van der Waals surface area contributed by atoms with Gasteiger partial charge in [0, 0.05) is 52.0 Å². The van der Waals surface area contributed by atoms with Gasteiger partial charge in [-0.25, -0.2) is 4.39 Å². The van der Waals surface area contributed by atoms with E-state index in [4.69, 9.17) is 0 Å². The van der Waals surface area contributed by atoms with Gasteiger partial charge >= 0.3 is 0 Å². The SMILES string of the molecule is CN1CCN(C(CNC(=O)c2ccccc2F)c2ccc3c(c2)CCCN3C)CC1. The maximum absolute atomic E-state index is 14.0. The molecule has 2 aliphatic heterocycles. The number of piperazine rings is 1. The number of benzene rings is 2. The summed E-state index contributed by atoms with van der Waals surface area (Å²) in [6.07, 6.45) is 2.25. The highest BCUT2D eigenvalue weighted by Crippen LogP contribution is 2.31. The fraction of sp³-hybridized carbons (Fsp3) is 0.458. The monoisotopic (exact) mass is 410 g/mol. The predicted octanol–water partition coefficient (Wildman–Crippen LogP) is 2.93. The Bertz CT molecular complexity index is 895. The zero-order chi connectivity index (χ0) is 21.1. The smallest absolute Gasteiger partial charge is 0.254 e. The van der Waals surface area contributed by atoms with Gasteiger partial charge in [-0.05, 0) is 49.2 Å². The fourth-order valence-corrected chi connectivity index (χ4v) is 4.53. The molecule has 0 aliphatic carbocycles. The number of carbonyl (C=O) groups is 1. The molecule has 30 heavy (non-hydrogen) atoms. The van der Waals surface area contributed by atoms with Crippen LogP contribution >= 0.6 is 0 Å². The minimum Gasteiger partial charge on any atom is -0.374 e. The molecule has 6 heteroatoms. The number of hydrogen-bond donors (Lipinski definition) is 1. The van der Waals surface area contributed by atoms with Gasteiger partial charge in [-0.15, -0.1) is 0 Å². The summed E-state index contributed by atoms with van der Waals surface area (Å²) in [7, 11) is 4.28. The van der Waals surface area contributed by atoms with E-state index in [0.717, 1.165) is 45.6 Å². The number of aryl methyl sites for hydroxylation is 1. The number of carbonyl (C=O) groups excluding carboxylic acids is 1. The second-order valence-corrected chi connectivity index (χ2v) is 8.46. The largest absolute Gasteiger partial charge is 0.374 e. The molecular weight excluding hydrogens is 379 g/mol. The van der Waals surface area contributed by atoms with Gasteiger partial charge in [0.25, 0.3) is 5.91 Å². The van der Waals surface area contributed by atoms with E-state index in [1.54, 1.807) is 12.1 Å². The van der Waals surface area contributed by atoms with Gasteiger partial charge in [0.1, 0.15) is 5.82 Å². The molecule has 1 saturated heterocycles. The number of hydrogen-bond acceptors (Lipinski definition) is 4. The number of nitrogens with zero attached hydrogens (tertiary/aromatic N) is 3. The molecule has 0 bridgehead atoms. The Balaban J connectivity index is 1.56. The average molecular weight is 411 g/mol. The highest BCUT2D eigenvalue weighted by molar-refractivity contribution is 5.94. The molecule has 1 amide bonds. The maximum Gasteiger partial charge on any atom is 0.254 e. The van der Waals surface area contributed by atoms with Gasteiger partial charge in [-0.2, -0.15) is 0 Å². The van der Waals surface area contributed by atoms with E-state index in [9.17, 15) is 9.18 Å². The van der Waals surface area contributed by atoms with Crippen LogP contribution in [0.4, 0.5) is 10.1 Å². The molecule has 2 aliphatic rings. The van der Waals surface area contributed by atoms with Crippen LogP contribution in [-0.4, -0.2) is 69.1 Å². The summed E-state index contributed by atoms with van der Waals surface area (Å²) in [4.78, 5) is 19.7. The van der Waals surface area contributed by atoms with Crippen molar-refractivity contribution in [1.29, 1.82) is 0 Å². The number of amides is 1. The number of likely N-dealkylation sites (N-methyl/N-ethyl adjacent to an activating group) is 1. The van der Waals surface area contributed by atoms with Gasteiger partial charge < -0.3 is 15.1 Å². The first-order valence-corrected chi connectivity index (χ1v) is 10.8. The molecule has 0 radical (unpaired) electrons. The molecule has 2 aromatic rings. The van der Waals surface area contributed by atoms with Crippen LogP contribution in [0.15, 0.2) is 42.5 Å². The molecule has 0 saturated carbocycles. The van der Waals surface area contributed by atoms with Crippen molar-refractivity contribution in [3.8, 4) is 0 Å². The van der Waals surface area contributed by atoms with E-state index in [0.29, 0.717) is 6.54 Å². The molecule has 2 heterocycles. The summed E-state index contributed by atoms with van der Waals surface area (Å²) >= 11 is 0. The highest BCUT2D eigenvalue weighted by atomic mass is 19.1. The quantitative estimate of drug-likeness (QED) is 0.823. The zero-order valence-corrected chi connectivity index (χ0v) is 17.9. The lowest BCUT2D eigenvalue weighted by Crippen LogP contribution is -2.48. The summed E-state index contributed by atoms with van der Waals surface area (Å²) in [6.45, 7) is 5.47. The number of anilines is 1. The van der Waals surface area contributed by atoms with E-state index in [2.05, 4.69) is 52.3 Å². The molecule has 1 N–H and O–H groups in total. The third kappa shape index (κ3) is 4.50. The van der Waals surface area contributed by atoms with Crippen molar-refractivity contribution < 1.29 is 9.18 Å². The Morgan fingerprint density at radius 1 is 1.07 bits per heavy atom. The van der Waals surface area contributed by atoms with Crippen LogP contribution in [0.2, 0.25) is 0 Å². The van der Waals surface area contributed by atoms with Crippen LogP contribution in [0.5, 0.6) is 0 Å². The third-order valence-corrected chi connectivity index (χ3v) is 6.39. The minimum atomic E-state index is -0.483. The van der Waals surface area contributed by atoms with Gasteiger partial charge in [-0.1, -0.05) is 24.3 Å². The molecule has 160 valence electrons. The van der Waals surface area contributed by atoms with Crippen LogP contribution in [-0.2, 0) is 6.42 Å². The minimum absolute atomic E-state index is 0.0759. The summed E-state index contributed by atoms with van der Waals surface area (Å²) in [5, 5.41) is 2.99. The van der Waals surface area contributed by atoms with Crippen molar-refractivity contribution in [2.75, 3.05) is 58.3 Å². The second kappa shape index (κ2) is 9.14. The number of fused-ring (bicyclic) bond motifs is 1. The van der Waals surface area contributed by atoms with Crippen molar-refractivity contribution in [3.05, 3.63) is 65.0 Å². The summed E-state index contributed by atoms with van der Waals surface area (Å²) in [5.41, 5.74) is 4.00. The molecule has 5 nitrogen and oxygen atoms in total. The molecule has 1 atom stereocenters. The van der Waals surface area contributed by atoms with E-state index < -0.39 is 5.82 Å². The maximum atomic E-state index is 14.0. The Morgan fingerprint density at radius 2 is 1.83 bits per heavy atom.